The van der Waals surface area contributed by atoms with Crippen LogP contribution in [0.25, 0.3) is 0 Å². The molecule has 7 nitrogen and oxygen atoms in total. The number of aromatic nitrogens is 2. The lowest BCUT2D eigenvalue weighted by Gasteiger charge is -2.04. The number of nitrogens with one attached hydrogen (secondary N) is 1. The molecule has 0 fully saturated rings. The van der Waals surface area contributed by atoms with E-state index in [0.29, 0.717) is 5.56 Å². The second-order valence-corrected chi connectivity index (χ2v) is 7.78. The number of nitrogens with zero attached hydrogens (tertiary/aromatic N) is 2. The second-order valence-electron chi connectivity index (χ2n) is 5.51. The van der Waals surface area contributed by atoms with Crippen LogP contribution in [0.1, 0.15) is 21.8 Å². The van der Waals surface area contributed by atoms with E-state index in [2.05, 4.69) is 15.5 Å². The molecule has 3 rings (SSSR count). The highest BCUT2D eigenvalue weighted by atomic mass is 35.5. The third-order valence-corrected chi connectivity index (χ3v) is 5.24. The Morgan fingerprint density at radius 3 is 2.52 bits per heavy atom. The Morgan fingerprint density at radius 2 is 1.81 bits per heavy atom. The number of halogens is 2. The maximum absolute atomic E-state index is 12.9. The lowest BCUT2D eigenvalue weighted by Crippen LogP contribution is -2.23. The van der Waals surface area contributed by atoms with Crippen molar-refractivity contribution in [2.24, 2.45) is 0 Å². The highest BCUT2D eigenvalue weighted by molar-refractivity contribution is 7.90. The van der Waals surface area contributed by atoms with Crippen LogP contribution in [0.5, 0.6) is 0 Å². The third-order valence-electron chi connectivity index (χ3n) is 3.50. The largest absolute Gasteiger partial charge is 0.411 e. The smallest absolute Gasteiger partial charge is 0.335 e. The average Bonchev–Trinajstić information content (AvgIpc) is 3.12. The number of benzene rings is 2. The molecule has 0 saturated heterocycles. The minimum absolute atomic E-state index is 0.0758. The standard InChI is InChI=1S/C17H13ClFN3O4S/c18-14-4-2-1-3-13(14)16(23)20-9-15-21-22-17(26-15)27(24,25)10-11-5-7-12(19)8-6-11/h1-8H,9-10H2,(H,20,23). The second kappa shape index (κ2) is 7.85. The zero-order valence-corrected chi connectivity index (χ0v) is 15.3. The molecule has 3 aromatic rings. The van der Waals surface area contributed by atoms with Gasteiger partial charge in [0.15, 0.2) is 0 Å². The molecule has 27 heavy (non-hydrogen) atoms. The van der Waals surface area contributed by atoms with Gasteiger partial charge in [-0.25, -0.2) is 12.8 Å². The molecule has 140 valence electrons. The molecule has 2 aromatic carbocycles. The van der Waals surface area contributed by atoms with Crippen LogP contribution < -0.4 is 5.32 Å². The van der Waals surface area contributed by atoms with Crippen molar-refractivity contribution < 1.29 is 22.0 Å². The predicted molar refractivity (Wildman–Crippen MR) is 94.2 cm³/mol. The van der Waals surface area contributed by atoms with Crippen molar-refractivity contribution in [1.29, 1.82) is 0 Å². The topological polar surface area (TPSA) is 102 Å². The van der Waals surface area contributed by atoms with Gasteiger partial charge in [0.25, 0.3) is 5.91 Å². The van der Waals surface area contributed by atoms with Crippen LogP contribution in [0.2, 0.25) is 5.02 Å². The highest BCUT2D eigenvalue weighted by Crippen LogP contribution is 2.17. The molecular weight excluding hydrogens is 397 g/mol. The minimum Gasteiger partial charge on any atom is -0.411 e. The molecule has 1 heterocycles. The van der Waals surface area contributed by atoms with Crippen molar-refractivity contribution in [1.82, 2.24) is 15.5 Å². The highest BCUT2D eigenvalue weighted by Gasteiger charge is 2.23. The summed E-state index contributed by atoms with van der Waals surface area (Å²) in [6.07, 6.45) is 0. The summed E-state index contributed by atoms with van der Waals surface area (Å²) in [4.78, 5) is 12.1. The number of sulfone groups is 1. The van der Waals surface area contributed by atoms with E-state index < -0.39 is 32.5 Å². The lowest BCUT2D eigenvalue weighted by molar-refractivity contribution is 0.0947. The molecule has 0 atom stereocenters. The van der Waals surface area contributed by atoms with E-state index in [4.69, 9.17) is 16.0 Å². The molecule has 0 radical (unpaired) electrons. The van der Waals surface area contributed by atoms with Crippen molar-refractivity contribution >= 4 is 27.3 Å². The van der Waals surface area contributed by atoms with Crippen LogP contribution in [0.3, 0.4) is 0 Å². The predicted octanol–water partition coefficient (Wildman–Crippen LogP) is 2.77. The van der Waals surface area contributed by atoms with E-state index in [1.807, 2.05) is 0 Å². The normalized spacial score (nSPS) is 11.3. The summed E-state index contributed by atoms with van der Waals surface area (Å²) in [5.41, 5.74) is 0.644. The van der Waals surface area contributed by atoms with Gasteiger partial charge in [0.1, 0.15) is 5.82 Å². The molecule has 0 aliphatic carbocycles. The van der Waals surface area contributed by atoms with E-state index in [0.717, 1.165) is 12.1 Å². The van der Waals surface area contributed by atoms with Gasteiger partial charge in [-0.3, -0.25) is 4.79 Å². The maximum atomic E-state index is 12.9. The Kier molecular flexibility index (Phi) is 5.52. The Bertz CT molecular complexity index is 1070. The third kappa shape index (κ3) is 4.69. The quantitative estimate of drug-likeness (QED) is 0.671. The Hall–Kier alpha value is -2.78. The first kappa shape index (κ1) is 19.0. The van der Waals surface area contributed by atoms with Gasteiger partial charge >= 0.3 is 5.22 Å². The molecule has 10 heteroatoms. The fraction of sp³-hybridized carbons (Fsp3) is 0.118. The first-order valence-corrected chi connectivity index (χ1v) is 9.70. The summed E-state index contributed by atoms with van der Waals surface area (Å²) in [6.45, 7) is -0.164. The molecular formula is C17H13ClFN3O4S. The summed E-state index contributed by atoms with van der Waals surface area (Å²) in [7, 11) is -3.90. The maximum Gasteiger partial charge on any atom is 0.335 e. The van der Waals surface area contributed by atoms with Gasteiger partial charge in [-0.1, -0.05) is 41.0 Å². The first-order valence-electron chi connectivity index (χ1n) is 7.67. The monoisotopic (exact) mass is 409 g/mol. The zero-order chi connectivity index (χ0) is 19.4. The van der Waals surface area contributed by atoms with Gasteiger partial charge in [0.05, 0.1) is 22.9 Å². The summed E-state index contributed by atoms with van der Waals surface area (Å²) in [5, 5.41) is 9.36. The van der Waals surface area contributed by atoms with Gasteiger partial charge in [-0.15, -0.1) is 5.10 Å². The molecule has 0 aliphatic heterocycles. The molecule has 0 bridgehead atoms. The zero-order valence-electron chi connectivity index (χ0n) is 13.7. The molecule has 1 amide bonds. The van der Waals surface area contributed by atoms with Crippen LogP contribution in [-0.4, -0.2) is 24.5 Å². The number of hydrogen-bond acceptors (Lipinski definition) is 6. The molecule has 1 N–H and O–H groups in total. The van der Waals surface area contributed by atoms with Crippen LogP contribution >= 0.6 is 11.6 Å². The van der Waals surface area contributed by atoms with E-state index in [9.17, 15) is 17.6 Å². The first-order chi connectivity index (χ1) is 12.8. The minimum atomic E-state index is -3.90. The van der Waals surface area contributed by atoms with Crippen molar-refractivity contribution in [3.05, 3.63) is 76.4 Å². The SMILES string of the molecule is O=C(NCc1nnc(S(=O)(=O)Cc2ccc(F)cc2)o1)c1ccccc1Cl. The molecule has 0 spiro atoms. The molecule has 1 aromatic heterocycles. The average molecular weight is 410 g/mol. The van der Waals surface area contributed by atoms with E-state index in [1.165, 1.54) is 12.1 Å². The fourth-order valence-corrected chi connectivity index (χ4v) is 3.56. The van der Waals surface area contributed by atoms with Crippen LogP contribution in [0.4, 0.5) is 4.39 Å². The Labute approximate surface area is 159 Å². The molecule has 0 saturated carbocycles. The Balaban J connectivity index is 1.66. The fourth-order valence-electron chi connectivity index (χ4n) is 2.19. The molecule has 0 aliphatic rings. The summed E-state index contributed by atoms with van der Waals surface area (Å²) in [6, 6.07) is 11.5. The summed E-state index contributed by atoms with van der Waals surface area (Å²) >= 11 is 5.94. The van der Waals surface area contributed by atoms with Gasteiger partial charge in [0.2, 0.25) is 15.7 Å². The van der Waals surface area contributed by atoms with E-state index >= 15 is 0 Å². The number of rotatable bonds is 6. The van der Waals surface area contributed by atoms with Crippen molar-refractivity contribution in [2.75, 3.05) is 0 Å². The Morgan fingerprint density at radius 1 is 1.11 bits per heavy atom. The number of amides is 1. The number of carbonyl (C=O) groups excluding carboxylic acids is 1. The van der Waals surface area contributed by atoms with Gasteiger partial charge < -0.3 is 9.73 Å². The van der Waals surface area contributed by atoms with Crippen molar-refractivity contribution in [3.63, 3.8) is 0 Å². The van der Waals surface area contributed by atoms with Crippen molar-refractivity contribution in [3.8, 4) is 0 Å². The van der Waals surface area contributed by atoms with Crippen LogP contribution in [0, 0.1) is 5.82 Å². The van der Waals surface area contributed by atoms with E-state index in [-0.39, 0.29) is 23.0 Å². The van der Waals surface area contributed by atoms with Gasteiger partial charge in [-0.2, -0.15) is 0 Å². The molecule has 0 unspecified atom stereocenters. The summed E-state index contributed by atoms with van der Waals surface area (Å²) < 4.78 is 42.7. The number of carbonyl (C=O) groups is 1. The van der Waals surface area contributed by atoms with Gasteiger partial charge in [0, 0.05) is 0 Å². The van der Waals surface area contributed by atoms with Gasteiger partial charge in [-0.05, 0) is 29.8 Å². The summed E-state index contributed by atoms with van der Waals surface area (Å²) in [5.74, 6) is -1.42. The lowest BCUT2D eigenvalue weighted by atomic mass is 10.2. The van der Waals surface area contributed by atoms with Crippen LogP contribution in [-0.2, 0) is 22.1 Å². The van der Waals surface area contributed by atoms with Crippen molar-refractivity contribution in [2.45, 2.75) is 17.5 Å². The van der Waals surface area contributed by atoms with E-state index in [1.54, 1.807) is 24.3 Å². The number of hydrogen-bond donors (Lipinski definition) is 1. The van der Waals surface area contributed by atoms with Crippen LogP contribution in [0.15, 0.2) is 58.2 Å².